The molecule has 1 saturated carbocycles. The van der Waals surface area contributed by atoms with E-state index in [9.17, 15) is 10.1 Å². The number of amides is 1. The van der Waals surface area contributed by atoms with Gasteiger partial charge in [-0.05, 0) is 30.9 Å². The first-order chi connectivity index (χ1) is 12.6. The van der Waals surface area contributed by atoms with Gasteiger partial charge in [-0.2, -0.15) is 15.6 Å². The molecule has 0 saturated heterocycles. The molecule has 2 aromatic heterocycles. The Bertz CT molecular complexity index is 872. The summed E-state index contributed by atoms with van der Waals surface area (Å²) in [6, 6.07) is 7.59. The molecule has 3 rings (SSSR count). The number of pyridine rings is 1. The van der Waals surface area contributed by atoms with Gasteiger partial charge in [-0.1, -0.05) is 12.8 Å². The molecule has 0 spiro atoms. The van der Waals surface area contributed by atoms with E-state index in [2.05, 4.69) is 21.5 Å². The minimum absolute atomic E-state index is 0.0177. The second-order valence-electron chi connectivity index (χ2n) is 6.43. The van der Waals surface area contributed by atoms with Crippen molar-refractivity contribution in [2.75, 3.05) is 5.32 Å². The van der Waals surface area contributed by atoms with Gasteiger partial charge in [0.05, 0.1) is 23.9 Å². The summed E-state index contributed by atoms with van der Waals surface area (Å²) < 4.78 is 1.68. The first-order valence-electron chi connectivity index (χ1n) is 8.50. The average Bonchev–Trinajstić information content (AvgIpc) is 3.05. The summed E-state index contributed by atoms with van der Waals surface area (Å²) >= 11 is 0. The maximum absolute atomic E-state index is 11.8. The van der Waals surface area contributed by atoms with E-state index < -0.39 is 5.91 Å². The monoisotopic (exact) mass is 349 g/mol. The molecule has 1 aliphatic rings. The topological polar surface area (TPSA) is 133 Å². The molecule has 0 bridgehead atoms. The summed E-state index contributed by atoms with van der Waals surface area (Å²) in [4.78, 5) is 15.7. The van der Waals surface area contributed by atoms with Crippen molar-refractivity contribution in [3.63, 3.8) is 0 Å². The van der Waals surface area contributed by atoms with E-state index in [0.29, 0.717) is 23.7 Å². The number of primary amides is 1. The summed E-state index contributed by atoms with van der Waals surface area (Å²) in [5.74, 6) is -0.00271. The second kappa shape index (κ2) is 7.66. The molecule has 0 aliphatic heterocycles. The van der Waals surface area contributed by atoms with E-state index in [4.69, 9.17) is 11.0 Å². The first-order valence-corrected chi connectivity index (χ1v) is 8.50. The molecule has 132 valence electrons. The van der Waals surface area contributed by atoms with Gasteiger partial charge in [-0.15, -0.1) is 0 Å². The normalized spacial score (nSPS) is 19.3. The van der Waals surface area contributed by atoms with Crippen LogP contribution >= 0.6 is 0 Å². The first kappa shape index (κ1) is 17.4. The van der Waals surface area contributed by atoms with Gasteiger partial charge in [-0.3, -0.25) is 9.48 Å². The molecule has 1 unspecified atom stereocenters. The van der Waals surface area contributed by atoms with E-state index in [1.807, 2.05) is 6.07 Å². The predicted octanol–water partition coefficient (Wildman–Crippen LogP) is 2.32. The number of rotatable bonds is 5. The van der Waals surface area contributed by atoms with Crippen molar-refractivity contribution in [2.24, 2.45) is 17.6 Å². The molecule has 1 fully saturated rings. The Balaban J connectivity index is 1.80. The minimum Gasteiger partial charge on any atom is -0.365 e. The van der Waals surface area contributed by atoms with Gasteiger partial charge in [0.1, 0.15) is 17.3 Å². The molecule has 2 atom stereocenters. The Morgan fingerprint density at radius 1 is 1.35 bits per heavy atom. The lowest BCUT2D eigenvalue weighted by Gasteiger charge is -2.26. The van der Waals surface area contributed by atoms with Crippen molar-refractivity contribution in [2.45, 2.75) is 32.2 Å². The van der Waals surface area contributed by atoms with Gasteiger partial charge in [0.15, 0.2) is 5.82 Å². The zero-order valence-corrected chi connectivity index (χ0v) is 14.2. The molecule has 1 amide bonds. The molecule has 2 aromatic rings. The summed E-state index contributed by atoms with van der Waals surface area (Å²) in [7, 11) is 0. The summed E-state index contributed by atoms with van der Waals surface area (Å²) in [5, 5.41) is 25.6. The van der Waals surface area contributed by atoms with Crippen molar-refractivity contribution < 1.29 is 4.79 Å². The van der Waals surface area contributed by atoms with Gasteiger partial charge in [0.2, 0.25) is 0 Å². The van der Waals surface area contributed by atoms with Crippen LogP contribution in [-0.2, 0) is 6.54 Å². The van der Waals surface area contributed by atoms with Crippen molar-refractivity contribution in [3.8, 4) is 12.1 Å². The van der Waals surface area contributed by atoms with Gasteiger partial charge in [0, 0.05) is 12.7 Å². The quantitative estimate of drug-likeness (QED) is 0.851. The van der Waals surface area contributed by atoms with Crippen molar-refractivity contribution in [3.05, 3.63) is 35.8 Å². The molecule has 1 aliphatic carbocycles. The van der Waals surface area contributed by atoms with Crippen LogP contribution in [0.1, 0.15) is 41.7 Å². The molecular formula is C18H19N7O. The number of hydrogen-bond acceptors (Lipinski definition) is 6. The van der Waals surface area contributed by atoms with Crippen LogP contribution in [-0.4, -0.2) is 20.7 Å². The minimum atomic E-state index is -0.583. The lowest BCUT2D eigenvalue weighted by molar-refractivity contribution is 0.100. The lowest BCUT2D eigenvalue weighted by Crippen LogP contribution is -2.23. The molecule has 0 radical (unpaired) electrons. The predicted molar refractivity (Wildman–Crippen MR) is 94.0 cm³/mol. The maximum atomic E-state index is 11.8. The van der Waals surface area contributed by atoms with Gasteiger partial charge in [0.25, 0.3) is 5.91 Å². The van der Waals surface area contributed by atoms with Crippen LogP contribution in [0.25, 0.3) is 0 Å². The fourth-order valence-corrected chi connectivity index (χ4v) is 3.29. The maximum Gasteiger partial charge on any atom is 0.254 e. The largest absolute Gasteiger partial charge is 0.365 e. The van der Waals surface area contributed by atoms with E-state index in [0.717, 1.165) is 25.7 Å². The number of carbonyl (C=O) groups is 1. The number of nitrogens with zero attached hydrogens (tertiary/aromatic N) is 5. The lowest BCUT2D eigenvalue weighted by atomic mass is 9.80. The second-order valence-corrected chi connectivity index (χ2v) is 6.43. The Morgan fingerprint density at radius 2 is 2.15 bits per heavy atom. The third-order valence-corrected chi connectivity index (χ3v) is 4.66. The van der Waals surface area contributed by atoms with Crippen LogP contribution in [0.15, 0.2) is 24.5 Å². The third kappa shape index (κ3) is 3.81. The number of carbonyl (C=O) groups excluding carboxylic acids is 1. The average molecular weight is 349 g/mol. The summed E-state index contributed by atoms with van der Waals surface area (Å²) in [5.41, 5.74) is 6.65. The Hall–Kier alpha value is -3.39. The van der Waals surface area contributed by atoms with E-state index in [-0.39, 0.29) is 17.4 Å². The molecule has 26 heavy (non-hydrogen) atoms. The van der Waals surface area contributed by atoms with Crippen LogP contribution in [0.3, 0.4) is 0 Å². The fourth-order valence-electron chi connectivity index (χ4n) is 3.29. The van der Waals surface area contributed by atoms with Crippen molar-refractivity contribution in [1.82, 2.24) is 14.8 Å². The molecule has 0 aromatic carbocycles. The highest BCUT2D eigenvalue weighted by atomic mass is 16.1. The van der Waals surface area contributed by atoms with E-state index >= 15 is 0 Å². The standard InChI is InChI=1S/C18H19N7O/c19-7-12-3-1-2-4-13(12)10-25-11-16(17(21)26)18(24-25)23-15-6-5-14(8-20)22-9-15/h5-6,9,11-13H,1-4,10H2,(H2,21,26)(H,23,24)/t12?,13-/m1/s1. The van der Waals surface area contributed by atoms with Crippen LogP contribution < -0.4 is 11.1 Å². The van der Waals surface area contributed by atoms with Crippen LogP contribution in [0.4, 0.5) is 11.5 Å². The number of aromatic nitrogens is 3. The molecule has 8 heteroatoms. The number of nitrogens with two attached hydrogens (primary N) is 1. The number of anilines is 2. The highest BCUT2D eigenvalue weighted by Crippen LogP contribution is 2.31. The Labute approximate surface area is 151 Å². The number of hydrogen-bond donors (Lipinski definition) is 2. The molecule has 2 heterocycles. The smallest absolute Gasteiger partial charge is 0.254 e. The Morgan fingerprint density at radius 3 is 2.81 bits per heavy atom. The van der Waals surface area contributed by atoms with E-state index in [1.165, 1.54) is 6.20 Å². The zero-order chi connectivity index (χ0) is 18.5. The Kier molecular flexibility index (Phi) is 5.14. The van der Waals surface area contributed by atoms with Crippen molar-refractivity contribution >= 4 is 17.4 Å². The van der Waals surface area contributed by atoms with Crippen LogP contribution in [0.2, 0.25) is 0 Å². The summed E-state index contributed by atoms with van der Waals surface area (Å²) in [6.45, 7) is 0.575. The fraction of sp³-hybridized carbons (Fsp3) is 0.389. The molecule has 8 nitrogen and oxygen atoms in total. The van der Waals surface area contributed by atoms with Gasteiger partial charge < -0.3 is 11.1 Å². The van der Waals surface area contributed by atoms with Crippen LogP contribution in [0, 0.1) is 34.5 Å². The number of nitrogens with one attached hydrogen (secondary N) is 1. The number of nitriles is 2. The van der Waals surface area contributed by atoms with Gasteiger partial charge in [-0.25, -0.2) is 4.98 Å². The highest BCUT2D eigenvalue weighted by Gasteiger charge is 2.26. The van der Waals surface area contributed by atoms with E-state index in [1.54, 1.807) is 23.0 Å². The highest BCUT2D eigenvalue weighted by molar-refractivity contribution is 5.98. The molecular weight excluding hydrogens is 330 g/mol. The van der Waals surface area contributed by atoms with Crippen molar-refractivity contribution in [1.29, 1.82) is 10.5 Å². The van der Waals surface area contributed by atoms with Gasteiger partial charge >= 0.3 is 0 Å². The van der Waals surface area contributed by atoms with Crippen LogP contribution in [0.5, 0.6) is 0 Å². The SMILES string of the molecule is N#Cc1ccc(Nc2nn(C[C@H]3CCCCC3C#N)cc2C(N)=O)cn1. The zero-order valence-electron chi connectivity index (χ0n) is 14.2. The molecule has 3 N–H and O–H groups in total. The summed E-state index contributed by atoms with van der Waals surface area (Å²) in [6.07, 6.45) is 7.19. The third-order valence-electron chi connectivity index (χ3n) is 4.66.